The van der Waals surface area contributed by atoms with E-state index in [1.54, 1.807) is 7.11 Å². The fraction of sp³-hybridized carbons (Fsp3) is 0.538. The minimum Gasteiger partial charge on any atom is -0.496 e. The largest absolute Gasteiger partial charge is 0.496 e. The Labute approximate surface area is 103 Å². The van der Waals surface area contributed by atoms with Crippen LogP contribution in [0.2, 0.25) is 0 Å². The van der Waals surface area contributed by atoms with Crippen LogP contribution in [-0.2, 0) is 6.42 Å². The van der Waals surface area contributed by atoms with Gasteiger partial charge in [0.25, 0.3) is 0 Å². The Morgan fingerprint density at radius 1 is 1.38 bits per heavy atom. The highest BCUT2D eigenvalue weighted by atomic mass is 32.2. The van der Waals surface area contributed by atoms with E-state index in [9.17, 15) is 0 Å². The maximum Gasteiger partial charge on any atom is 0.122 e. The zero-order valence-corrected chi connectivity index (χ0v) is 10.9. The zero-order valence-electron chi connectivity index (χ0n) is 10.1. The fourth-order valence-electron chi connectivity index (χ4n) is 1.77. The van der Waals surface area contributed by atoms with Crippen LogP contribution in [0.1, 0.15) is 12.0 Å². The van der Waals surface area contributed by atoms with Gasteiger partial charge in [-0.15, -0.1) is 0 Å². The molecule has 1 unspecified atom stereocenters. The standard InChI is InChI=1S/C13H21NOS/c1-15-13-6-4-3-5-12(13)9-11(10-14)7-8-16-2/h3-6,11H,7-10,14H2,1-2H3. The molecule has 2 N–H and O–H groups in total. The van der Waals surface area contributed by atoms with E-state index in [1.807, 2.05) is 23.9 Å². The van der Waals surface area contributed by atoms with Crippen molar-refractivity contribution < 1.29 is 4.74 Å². The average Bonchev–Trinajstić information content (AvgIpc) is 2.34. The molecule has 0 heterocycles. The van der Waals surface area contributed by atoms with E-state index in [2.05, 4.69) is 18.4 Å². The van der Waals surface area contributed by atoms with Gasteiger partial charge < -0.3 is 10.5 Å². The first kappa shape index (κ1) is 13.4. The van der Waals surface area contributed by atoms with Crippen LogP contribution < -0.4 is 10.5 Å². The number of methoxy groups -OCH3 is 1. The quantitative estimate of drug-likeness (QED) is 0.794. The second-order valence-electron chi connectivity index (χ2n) is 3.90. The van der Waals surface area contributed by atoms with Crippen molar-refractivity contribution in [1.29, 1.82) is 0 Å². The molecular formula is C13H21NOS. The van der Waals surface area contributed by atoms with Gasteiger partial charge in [0.2, 0.25) is 0 Å². The van der Waals surface area contributed by atoms with Crippen molar-refractivity contribution in [2.24, 2.45) is 11.7 Å². The van der Waals surface area contributed by atoms with Crippen molar-refractivity contribution >= 4 is 11.8 Å². The fourth-order valence-corrected chi connectivity index (χ4v) is 2.34. The zero-order chi connectivity index (χ0) is 11.8. The van der Waals surface area contributed by atoms with E-state index < -0.39 is 0 Å². The molecule has 0 aliphatic rings. The number of ether oxygens (including phenoxy) is 1. The number of rotatable bonds is 7. The number of hydrogen-bond donors (Lipinski definition) is 1. The van der Waals surface area contributed by atoms with Gasteiger partial charge in [-0.05, 0) is 48.9 Å². The van der Waals surface area contributed by atoms with Crippen molar-refractivity contribution in [3.8, 4) is 5.75 Å². The summed E-state index contributed by atoms with van der Waals surface area (Å²) >= 11 is 1.88. The molecule has 0 saturated heterocycles. The monoisotopic (exact) mass is 239 g/mol. The van der Waals surface area contributed by atoms with Crippen molar-refractivity contribution in [1.82, 2.24) is 0 Å². The van der Waals surface area contributed by atoms with Gasteiger partial charge >= 0.3 is 0 Å². The lowest BCUT2D eigenvalue weighted by molar-refractivity contribution is 0.403. The van der Waals surface area contributed by atoms with Gasteiger partial charge in [0.05, 0.1) is 7.11 Å². The van der Waals surface area contributed by atoms with E-state index in [-0.39, 0.29) is 0 Å². The van der Waals surface area contributed by atoms with Crippen LogP contribution >= 0.6 is 11.8 Å². The summed E-state index contributed by atoms with van der Waals surface area (Å²) in [5.74, 6) is 2.71. The Morgan fingerprint density at radius 3 is 2.75 bits per heavy atom. The Hall–Kier alpha value is -0.670. The second-order valence-corrected chi connectivity index (χ2v) is 4.88. The molecule has 0 saturated carbocycles. The summed E-state index contributed by atoms with van der Waals surface area (Å²) in [5.41, 5.74) is 7.07. The first-order chi connectivity index (χ1) is 7.81. The summed E-state index contributed by atoms with van der Waals surface area (Å²) in [6.45, 7) is 0.749. The molecule has 0 spiro atoms. The molecule has 90 valence electrons. The van der Waals surface area contributed by atoms with Crippen molar-refractivity contribution in [3.05, 3.63) is 29.8 Å². The highest BCUT2D eigenvalue weighted by Crippen LogP contribution is 2.22. The first-order valence-corrected chi connectivity index (χ1v) is 7.02. The van der Waals surface area contributed by atoms with Crippen LogP contribution in [0.15, 0.2) is 24.3 Å². The Kier molecular flexibility index (Phi) is 6.34. The molecule has 2 nitrogen and oxygen atoms in total. The SMILES string of the molecule is COc1ccccc1CC(CN)CCSC. The van der Waals surface area contributed by atoms with Gasteiger partial charge in [-0.2, -0.15) is 11.8 Å². The van der Waals surface area contributed by atoms with E-state index in [0.717, 1.165) is 18.7 Å². The summed E-state index contributed by atoms with van der Waals surface area (Å²) < 4.78 is 5.35. The molecule has 1 aromatic carbocycles. The first-order valence-electron chi connectivity index (χ1n) is 5.62. The second kappa shape index (κ2) is 7.58. The minimum absolute atomic E-state index is 0.559. The molecule has 0 aliphatic carbocycles. The van der Waals surface area contributed by atoms with Gasteiger partial charge in [0.1, 0.15) is 5.75 Å². The molecule has 1 aromatic rings. The van der Waals surface area contributed by atoms with Crippen molar-refractivity contribution in [3.63, 3.8) is 0 Å². The molecule has 0 radical (unpaired) electrons. The lowest BCUT2D eigenvalue weighted by atomic mass is 9.96. The molecule has 0 aromatic heterocycles. The molecule has 0 fully saturated rings. The van der Waals surface area contributed by atoms with E-state index in [4.69, 9.17) is 10.5 Å². The van der Waals surface area contributed by atoms with Gasteiger partial charge in [0, 0.05) is 0 Å². The van der Waals surface area contributed by atoms with Crippen LogP contribution in [-0.4, -0.2) is 25.7 Å². The molecule has 1 atom stereocenters. The van der Waals surface area contributed by atoms with Crippen molar-refractivity contribution in [2.45, 2.75) is 12.8 Å². The third-order valence-corrected chi connectivity index (χ3v) is 3.41. The molecule has 1 rings (SSSR count). The number of para-hydroxylation sites is 1. The van der Waals surface area contributed by atoms with Gasteiger partial charge in [-0.3, -0.25) is 0 Å². The van der Waals surface area contributed by atoms with E-state index in [1.165, 1.54) is 17.7 Å². The molecule has 0 bridgehead atoms. The smallest absolute Gasteiger partial charge is 0.122 e. The number of benzene rings is 1. The third-order valence-electron chi connectivity index (χ3n) is 2.76. The van der Waals surface area contributed by atoms with Crippen LogP contribution in [0, 0.1) is 5.92 Å². The molecule has 0 aliphatic heterocycles. The maximum atomic E-state index is 5.80. The predicted molar refractivity (Wildman–Crippen MR) is 72.2 cm³/mol. The van der Waals surface area contributed by atoms with Gasteiger partial charge in [-0.25, -0.2) is 0 Å². The van der Waals surface area contributed by atoms with Crippen LogP contribution in [0.4, 0.5) is 0 Å². The Bertz CT molecular complexity index is 304. The van der Waals surface area contributed by atoms with Crippen LogP contribution in [0.25, 0.3) is 0 Å². The summed E-state index contributed by atoms with van der Waals surface area (Å²) in [5, 5.41) is 0. The van der Waals surface area contributed by atoms with Gasteiger partial charge in [0.15, 0.2) is 0 Å². The maximum absolute atomic E-state index is 5.80. The summed E-state index contributed by atoms with van der Waals surface area (Å²) in [6, 6.07) is 8.19. The number of nitrogens with two attached hydrogens (primary N) is 1. The van der Waals surface area contributed by atoms with E-state index >= 15 is 0 Å². The van der Waals surface area contributed by atoms with Crippen molar-refractivity contribution in [2.75, 3.05) is 25.7 Å². The summed E-state index contributed by atoms with van der Waals surface area (Å²) in [6.07, 6.45) is 4.33. The Balaban J connectivity index is 2.62. The minimum atomic E-state index is 0.559. The summed E-state index contributed by atoms with van der Waals surface area (Å²) in [4.78, 5) is 0. The molecule has 3 heteroatoms. The van der Waals surface area contributed by atoms with Gasteiger partial charge in [-0.1, -0.05) is 18.2 Å². The van der Waals surface area contributed by atoms with Crippen LogP contribution in [0.5, 0.6) is 5.75 Å². The van der Waals surface area contributed by atoms with E-state index in [0.29, 0.717) is 5.92 Å². The molecular weight excluding hydrogens is 218 g/mol. The third kappa shape index (κ3) is 4.06. The molecule has 0 amide bonds. The highest BCUT2D eigenvalue weighted by molar-refractivity contribution is 7.98. The lowest BCUT2D eigenvalue weighted by Crippen LogP contribution is -2.18. The predicted octanol–water partition coefficient (Wildman–Crippen LogP) is 2.57. The number of thioether (sulfide) groups is 1. The lowest BCUT2D eigenvalue weighted by Gasteiger charge is -2.16. The summed E-state index contributed by atoms with van der Waals surface area (Å²) in [7, 11) is 1.72. The van der Waals surface area contributed by atoms with Crippen LogP contribution in [0.3, 0.4) is 0 Å². The Morgan fingerprint density at radius 2 is 2.12 bits per heavy atom. The average molecular weight is 239 g/mol. The molecule has 16 heavy (non-hydrogen) atoms. The number of hydrogen-bond acceptors (Lipinski definition) is 3. The highest BCUT2D eigenvalue weighted by Gasteiger charge is 2.10. The normalized spacial score (nSPS) is 12.4. The topological polar surface area (TPSA) is 35.2 Å².